The first-order chi connectivity index (χ1) is 9.32. The van der Waals surface area contributed by atoms with E-state index in [9.17, 15) is 0 Å². The van der Waals surface area contributed by atoms with Gasteiger partial charge >= 0.3 is 0 Å². The molecule has 0 spiro atoms. The van der Waals surface area contributed by atoms with Crippen LogP contribution in [0.1, 0.15) is 62.1 Å². The highest BCUT2D eigenvalue weighted by molar-refractivity contribution is 9.09. The SMILES string of the molecule is CC12CC3CC(C)(C1)CC(C(Br)c1ccc(Cl)s1)(C3)C2. The zero-order chi connectivity index (χ0) is 14.2. The molecule has 0 aliphatic heterocycles. The molecule has 0 nitrogen and oxygen atoms in total. The van der Waals surface area contributed by atoms with E-state index in [-0.39, 0.29) is 0 Å². The van der Waals surface area contributed by atoms with Crippen molar-refractivity contribution in [3.8, 4) is 0 Å². The molecule has 1 aromatic heterocycles. The van der Waals surface area contributed by atoms with Gasteiger partial charge in [-0.05, 0) is 72.8 Å². The maximum Gasteiger partial charge on any atom is 0.0931 e. The first-order valence-electron chi connectivity index (χ1n) is 7.71. The van der Waals surface area contributed by atoms with Gasteiger partial charge in [-0.15, -0.1) is 11.3 Å². The molecule has 3 unspecified atom stereocenters. The van der Waals surface area contributed by atoms with Gasteiger partial charge in [-0.25, -0.2) is 0 Å². The first kappa shape index (κ1) is 14.1. The van der Waals surface area contributed by atoms with Crippen LogP contribution in [0.15, 0.2) is 12.1 Å². The second kappa shape index (κ2) is 4.26. The van der Waals surface area contributed by atoms with Crippen molar-refractivity contribution in [3.63, 3.8) is 0 Å². The third-order valence-electron chi connectivity index (χ3n) is 6.05. The summed E-state index contributed by atoms with van der Waals surface area (Å²) in [4.78, 5) is 1.93. The Morgan fingerprint density at radius 2 is 1.80 bits per heavy atom. The van der Waals surface area contributed by atoms with Crippen molar-refractivity contribution in [2.24, 2.45) is 22.2 Å². The summed E-state index contributed by atoms with van der Waals surface area (Å²) in [5.74, 6) is 0.955. The average molecular weight is 374 g/mol. The minimum absolute atomic E-state index is 0.469. The monoisotopic (exact) mass is 372 g/mol. The van der Waals surface area contributed by atoms with Gasteiger partial charge in [-0.2, -0.15) is 0 Å². The molecule has 4 aliphatic carbocycles. The number of halogens is 2. The maximum atomic E-state index is 6.16. The topological polar surface area (TPSA) is 0 Å². The van der Waals surface area contributed by atoms with Gasteiger partial charge in [0.25, 0.3) is 0 Å². The molecule has 1 aromatic rings. The van der Waals surface area contributed by atoms with Crippen molar-refractivity contribution in [3.05, 3.63) is 21.3 Å². The van der Waals surface area contributed by atoms with E-state index in [4.69, 9.17) is 11.6 Å². The second-order valence-electron chi connectivity index (χ2n) is 8.50. The van der Waals surface area contributed by atoms with E-state index in [1.165, 1.54) is 43.4 Å². The quantitative estimate of drug-likeness (QED) is 0.498. The fourth-order valence-corrected chi connectivity index (χ4v) is 8.71. The van der Waals surface area contributed by atoms with Gasteiger partial charge < -0.3 is 0 Å². The highest BCUT2D eigenvalue weighted by atomic mass is 79.9. The third kappa shape index (κ3) is 2.05. The molecule has 3 atom stereocenters. The maximum absolute atomic E-state index is 6.16. The van der Waals surface area contributed by atoms with Crippen LogP contribution in [0, 0.1) is 22.2 Å². The lowest BCUT2D eigenvalue weighted by Crippen LogP contribution is -2.56. The summed E-state index contributed by atoms with van der Waals surface area (Å²) in [7, 11) is 0. The van der Waals surface area contributed by atoms with E-state index >= 15 is 0 Å². The Hall–Kier alpha value is 0.470. The van der Waals surface area contributed by atoms with E-state index in [0.717, 1.165) is 10.3 Å². The smallest absolute Gasteiger partial charge is 0.0931 e. The normalized spacial score (nSPS) is 47.7. The van der Waals surface area contributed by atoms with E-state index in [1.54, 1.807) is 11.3 Å². The average Bonchev–Trinajstić information content (AvgIpc) is 2.69. The van der Waals surface area contributed by atoms with Gasteiger partial charge in [0.2, 0.25) is 0 Å². The third-order valence-corrected chi connectivity index (χ3v) is 9.11. The van der Waals surface area contributed by atoms with Crippen molar-refractivity contribution in [1.29, 1.82) is 0 Å². The molecule has 0 saturated heterocycles. The van der Waals surface area contributed by atoms with Gasteiger partial charge in [0.05, 0.1) is 9.16 Å². The van der Waals surface area contributed by atoms with E-state index < -0.39 is 0 Å². The summed E-state index contributed by atoms with van der Waals surface area (Å²) in [6, 6.07) is 4.29. The number of alkyl halides is 1. The molecule has 0 radical (unpaired) electrons. The number of hydrogen-bond donors (Lipinski definition) is 0. The summed E-state index contributed by atoms with van der Waals surface area (Å²) in [6.07, 6.45) is 8.60. The number of rotatable bonds is 2. The van der Waals surface area contributed by atoms with Crippen LogP contribution in [0.2, 0.25) is 4.34 Å². The summed E-state index contributed by atoms with van der Waals surface area (Å²) < 4.78 is 0.923. The van der Waals surface area contributed by atoms with Crippen LogP contribution in [0.3, 0.4) is 0 Å². The summed E-state index contributed by atoms with van der Waals surface area (Å²) >= 11 is 12.0. The lowest BCUT2D eigenvalue weighted by molar-refractivity contribution is -0.144. The molecule has 0 aromatic carbocycles. The molecule has 1 heterocycles. The second-order valence-corrected chi connectivity index (χ2v) is 11.2. The van der Waals surface area contributed by atoms with Crippen molar-refractivity contribution in [2.45, 2.75) is 57.2 Å². The van der Waals surface area contributed by atoms with Crippen LogP contribution in [-0.2, 0) is 0 Å². The van der Waals surface area contributed by atoms with Crippen LogP contribution in [-0.4, -0.2) is 0 Å². The molecule has 20 heavy (non-hydrogen) atoms. The molecule has 4 aliphatic rings. The Bertz CT molecular complexity index is 533. The highest BCUT2D eigenvalue weighted by Crippen LogP contribution is 2.73. The van der Waals surface area contributed by atoms with Gasteiger partial charge in [0, 0.05) is 4.88 Å². The zero-order valence-electron chi connectivity index (χ0n) is 12.2. The van der Waals surface area contributed by atoms with Gasteiger partial charge in [-0.3, -0.25) is 0 Å². The molecule has 4 bridgehead atoms. The molecule has 4 saturated carbocycles. The lowest BCUT2D eigenvalue weighted by atomic mass is 9.40. The fourth-order valence-electron chi connectivity index (χ4n) is 6.58. The van der Waals surface area contributed by atoms with Gasteiger partial charge in [-0.1, -0.05) is 41.4 Å². The molecule has 0 amide bonds. The van der Waals surface area contributed by atoms with Crippen molar-refractivity contribution in [1.82, 2.24) is 0 Å². The molecule has 3 heteroatoms. The van der Waals surface area contributed by atoms with Crippen molar-refractivity contribution in [2.75, 3.05) is 0 Å². The van der Waals surface area contributed by atoms with Crippen LogP contribution >= 0.6 is 38.9 Å². The van der Waals surface area contributed by atoms with E-state index in [0.29, 0.717) is 21.1 Å². The van der Waals surface area contributed by atoms with Gasteiger partial charge in [0.1, 0.15) is 0 Å². The van der Waals surface area contributed by atoms with Crippen LogP contribution in [0.5, 0.6) is 0 Å². The zero-order valence-corrected chi connectivity index (χ0v) is 15.4. The van der Waals surface area contributed by atoms with Gasteiger partial charge in [0.15, 0.2) is 0 Å². The Morgan fingerprint density at radius 3 is 2.30 bits per heavy atom. The van der Waals surface area contributed by atoms with Crippen LogP contribution in [0.4, 0.5) is 0 Å². The van der Waals surface area contributed by atoms with E-state index in [2.05, 4.69) is 41.9 Å². The number of thiophene rings is 1. The predicted octanol–water partition coefficient (Wildman–Crippen LogP) is 6.83. The standard InChI is InChI=1S/C17H22BrClS/c1-15-5-11-6-16(2,8-15)10-17(7-11,9-15)14(18)12-3-4-13(19)20-12/h3-4,11,14H,5-10H2,1-2H3. The Kier molecular flexibility index (Phi) is 3.00. The predicted molar refractivity (Wildman–Crippen MR) is 90.8 cm³/mol. The fraction of sp³-hybridized carbons (Fsp3) is 0.765. The Morgan fingerprint density at radius 1 is 1.15 bits per heavy atom. The molecular weight excluding hydrogens is 352 g/mol. The highest BCUT2D eigenvalue weighted by Gasteiger charge is 2.62. The first-order valence-corrected chi connectivity index (χ1v) is 9.82. The largest absolute Gasteiger partial charge is 0.127 e. The number of hydrogen-bond acceptors (Lipinski definition) is 1. The van der Waals surface area contributed by atoms with Crippen LogP contribution in [0.25, 0.3) is 0 Å². The Labute approximate surface area is 139 Å². The summed E-state index contributed by atoms with van der Waals surface area (Å²) in [6.45, 7) is 5.09. The minimum atomic E-state index is 0.469. The van der Waals surface area contributed by atoms with Crippen molar-refractivity contribution < 1.29 is 0 Å². The van der Waals surface area contributed by atoms with E-state index in [1.807, 2.05) is 0 Å². The van der Waals surface area contributed by atoms with Crippen LogP contribution < -0.4 is 0 Å². The lowest BCUT2D eigenvalue weighted by Gasteiger charge is -2.66. The Balaban J connectivity index is 1.73. The molecular formula is C17H22BrClS. The minimum Gasteiger partial charge on any atom is -0.127 e. The molecule has 4 fully saturated rings. The summed E-state index contributed by atoms with van der Waals surface area (Å²) in [5.41, 5.74) is 1.64. The molecule has 0 N–H and O–H groups in total. The summed E-state index contributed by atoms with van der Waals surface area (Å²) in [5, 5.41) is 0. The molecule has 5 rings (SSSR count). The van der Waals surface area contributed by atoms with Crippen molar-refractivity contribution >= 4 is 38.9 Å². The molecule has 110 valence electrons.